The van der Waals surface area contributed by atoms with Crippen LogP contribution in [-0.2, 0) is 41.4 Å². The predicted molar refractivity (Wildman–Crippen MR) is 185 cm³/mol. The molecule has 0 aromatic rings. The third-order valence-electron chi connectivity index (χ3n) is 6.34. The fraction of sp³-hybridized carbons (Fsp3) is 1.00. The summed E-state index contributed by atoms with van der Waals surface area (Å²) < 4.78 is 52.6. The highest BCUT2D eigenvalue weighted by molar-refractivity contribution is 6.87. The molecule has 272 valence electrons. The summed E-state index contributed by atoms with van der Waals surface area (Å²) in [6.45, 7) is 21.4. The monoisotopic (exact) mass is 704 g/mol. The van der Waals surface area contributed by atoms with Crippen LogP contribution >= 0.6 is 0 Å². The zero-order valence-electron chi connectivity index (χ0n) is 30.2. The van der Waals surface area contributed by atoms with Gasteiger partial charge < -0.3 is 56.1 Å². The van der Waals surface area contributed by atoms with E-state index in [0.29, 0.717) is 99.0 Å². The maximum atomic E-state index is 10.1. The van der Waals surface area contributed by atoms with Gasteiger partial charge in [-0.05, 0) is 64.2 Å². The van der Waals surface area contributed by atoms with Gasteiger partial charge in [0.1, 0.15) is 12.6 Å². The second-order valence-electron chi connectivity index (χ2n) is 13.9. The van der Waals surface area contributed by atoms with Crippen LogP contribution in [0, 0.1) is 0 Å². The number of quaternary nitrogens is 1. The minimum absolute atomic E-state index is 0.0286. The molecule has 0 aromatic carbocycles. The van der Waals surface area contributed by atoms with E-state index in [2.05, 4.69) is 60.4 Å². The normalized spacial score (nSPS) is 13.9. The molecule has 0 bridgehead atoms. The van der Waals surface area contributed by atoms with Crippen LogP contribution in [0.1, 0.15) is 12.8 Å². The zero-order chi connectivity index (χ0) is 34.1. The average Bonchev–Trinajstić information content (AvgIpc) is 2.89. The van der Waals surface area contributed by atoms with Gasteiger partial charge in [0.05, 0.1) is 107 Å². The number of aliphatic hydroxyl groups excluding tert-OH is 2. The maximum absolute atomic E-state index is 10.1. The largest absolute Gasteiger partial charge is 0.437 e. The van der Waals surface area contributed by atoms with E-state index in [9.17, 15) is 5.11 Å². The molecule has 12 nitrogen and oxygen atoms in total. The SMILES string of the molecule is C[N+](C)(C)CC(O)COCCC[Si](C)(C)O[Si](C)(C)O[Si](C)(C)CCCOCCOCCOCCOCCOCCOCCO. The van der Waals surface area contributed by atoms with Gasteiger partial charge in [-0.2, -0.15) is 0 Å². The minimum Gasteiger partial charge on any atom is -0.437 e. The summed E-state index contributed by atoms with van der Waals surface area (Å²) in [6, 6.07) is 2.04. The summed E-state index contributed by atoms with van der Waals surface area (Å²) in [6.07, 6.45) is 1.47. The van der Waals surface area contributed by atoms with Gasteiger partial charge >= 0.3 is 8.56 Å². The Hall–Kier alpha value is 0.171. The molecule has 0 saturated carbocycles. The fourth-order valence-electron chi connectivity index (χ4n) is 4.82. The summed E-state index contributed by atoms with van der Waals surface area (Å²) in [7, 11) is 0.176. The van der Waals surface area contributed by atoms with Crippen LogP contribution in [0.25, 0.3) is 0 Å². The zero-order valence-corrected chi connectivity index (χ0v) is 33.2. The van der Waals surface area contributed by atoms with Crippen LogP contribution in [0.15, 0.2) is 0 Å². The first-order valence-corrected chi connectivity index (χ1v) is 25.7. The van der Waals surface area contributed by atoms with E-state index in [4.69, 9.17) is 46.5 Å². The van der Waals surface area contributed by atoms with Crippen molar-refractivity contribution in [1.29, 1.82) is 0 Å². The van der Waals surface area contributed by atoms with Gasteiger partial charge in [0, 0.05) is 13.2 Å². The van der Waals surface area contributed by atoms with Gasteiger partial charge in [0.15, 0.2) is 16.6 Å². The Bertz CT molecular complexity index is 686. The van der Waals surface area contributed by atoms with Crippen LogP contribution in [0.5, 0.6) is 0 Å². The molecule has 2 N–H and O–H groups in total. The van der Waals surface area contributed by atoms with Crippen molar-refractivity contribution >= 4 is 25.2 Å². The molecule has 0 amide bonds. The number of hydrogen-bond donors (Lipinski definition) is 2. The topological polar surface area (TPSA) is 124 Å². The second-order valence-corrected chi connectivity index (χ2v) is 26.4. The van der Waals surface area contributed by atoms with Crippen molar-refractivity contribution in [2.75, 3.05) is 127 Å². The molecule has 0 radical (unpaired) electrons. The van der Waals surface area contributed by atoms with Gasteiger partial charge in [-0.3, -0.25) is 0 Å². The number of aliphatic hydroxyl groups is 2. The summed E-state index contributed by atoms with van der Waals surface area (Å²) in [5.74, 6) is 0. The maximum Gasteiger partial charge on any atom is 0.311 e. The van der Waals surface area contributed by atoms with Crippen LogP contribution in [0.3, 0.4) is 0 Å². The third kappa shape index (κ3) is 32.5. The average molecular weight is 705 g/mol. The second kappa shape index (κ2) is 26.1. The Kier molecular flexibility index (Phi) is 26.2. The number of hydrogen-bond acceptors (Lipinski definition) is 11. The van der Waals surface area contributed by atoms with Crippen molar-refractivity contribution in [3.8, 4) is 0 Å². The van der Waals surface area contributed by atoms with Gasteiger partial charge in [-0.1, -0.05) is 0 Å². The van der Waals surface area contributed by atoms with E-state index >= 15 is 0 Å². The molecule has 1 unspecified atom stereocenters. The lowest BCUT2D eigenvalue weighted by atomic mass is 10.3. The Labute approximate surface area is 278 Å². The quantitative estimate of drug-likeness (QED) is 0.0596. The Morgan fingerprint density at radius 2 is 0.844 bits per heavy atom. The lowest BCUT2D eigenvalue weighted by Crippen LogP contribution is -2.52. The predicted octanol–water partition coefficient (Wildman–Crippen LogP) is 3.09. The third-order valence-corrected chi connectivity index (χ3v) is 17.8. The van der Waals surface area contributed by atoms with Gasteiger partial charge in [-0.25, -0.2) is 0 Å². The highest BCUT2D eigenvalue weighted by Gasteiger charge is 2.39. The molecule has 0 rings (SSSR count). The molecule has 1 atom stereocenters. The summed E-state index contributed by atoms with van der Waals surface area (Å²) >= 11 is 0. The molecule has 45 heavy (non-hydrogen) atoms. The minimum atomic E-state index is -2.26. The van der Waals surface area contributed by atoms with Crippen molar-refractivity contribution in [1.82, 2.24) is 0 Å². The number of likely N-dealkylation sites (N-methyl/N-ethyl adjacent to an activating group) is 1. The van der Waals surface area contributed by atoms with Gasteiger partial charge in [-0.15, -0.1) is 0 Å². The van der Waals surface area contributed by atoms with Crippen molar-refractivity contribution < 1.29 is 56.1 Å². The lowest BCUT2D eigenvalue weighted by molar-refractivity contribution is -0.873. The van der Waals surface area contributed by atoms with E-state index in [0.717, 1.165) is 29.4 Å². The summed E-state index contributed by atoms with van der Waals surface area (Å²) in [5, 5.41) is 18.7. The van der Waals surface area contributed by atoms with Crippen molar-refractivity contribution in [3.63, 3.8) is 0 Å². The Morgan fingerprint density at radius 1 is 0.511 bits per heavy atom. The standard InChI is InChI=1S/C30H70NO11Si3/c1-31(2,3)28-30(33)29-40-14-11-27-44(6,7)42-45(8,9)41-43(4,5)26-10-13-34-16-18-36-20-22-38-24-25-39-23-21-37-19-17-35-15-12-32/h30,32-33H,10-29H2,1-9H3/q+1. The highest BCUT2D eigenvalue weighted by atomic mass is 28.5. The van der Waals surface area contributed by atoms with E-state index in [1.54, 1.807) is 0 Å². The highest BCUT2D eigenvalue weighted by Crippen LogP contribution is 2.26. The number of ether oxygens (including phenoxy) is 7. The molecule has 0 saturated heterocycles. The van der Waals surface area contributed by atoms with E-state index < -0.39 is 31.3 Å². The summed E-state index contributed by atoms with van der Waals surface area (Å²) in [5.41, 5.74) is 0. The fourth-order valence-corrected chi connectivity index (χ4v) is 18.8. The first kappa shape index (κ1) is 45.2. The first-order valence-electron chi connectivity index (χ1n) is 16.6. The van der Waals surface area contributed by atoms with Crippen molar-refractivity contribution in [2.24, 2.45) is 0 Å². The van der Waals surface area contributed by atoms with Crippen LogP contribution in [-0.4, -0.2) is 173 Å². The Balaban J connectivity index is 3.79. The Morgan fingerprint density at radius 3 is 1.20 bits per heavy atom. The van der Waals surface area contributed by atoms with Crippen molar-refractivity contribution in [2.45, 2.75) is 70.3 Å². The molecule has 0 aliphatic carbocycles. The lowest BCUT2D eigenvalue weighted by Gasteiger charge is -2.38. The molecular formula is C30H70NO11Si3+. The van der Waals surface area contributed by atoms with E-state index in [1.807, 2.05) is 0 Å². The number of nitrogens with zero attached hydrogens (tertiary/aromatic N) is 1. The molecule has 0 heterocycles. The molecule has 0 aliphatic rings. The first-order chi connectivity index (χ1) is 21.1. The molecule has 0 fully saturated rings. The molecule has 0 spiro atoms. The van der Waals surface area contributed by atoms with Gasteiger partial charge in [0.25, 0.3) is 0 Å². The van der Waals surface area contributed by atoms with Gasteiger partial charge in [0.2, 0.25) is 0 Å². The van der Waals surface area contributed by atoms with Crippen LogP contribution in [0.2, 0.25) is 51.4 Å². The molecule has 0 aliphatic heterocycles. The molecule has 15 heteroatoms. The number of rotatable bonds is 33. The smallest absolute Gasteiger partial charge is 0.311 e. The van der Waals surface area contributed by atoms with E-state index in [-0.39, 0.29) is 6.61 Å². The molecular weight excluding hydrogens is 635 g/mol. The van der Waals surface area contributed by atoms with E-state index in [1.165, 1.54) is 0 Å². The van der Waals surface area contributed by atoms with Crippen LogP contribution in [0.4, 0.5) is 0 Å². The van der Waals surface area contributed by atoms with Crippen LogP contribution < -0.4 is 0 Å². The molecule has 0 aromatic heterocycles. The summed E-state index contributed by atoms with van der Waals surface area (Å²) in [4.78, 5) is 0. The van der Waals surface area contributed by atoms with Crippen molar-refractivity contribution in [3.05, 3.63) is 0 Å².